The molecule has 4 aromatic carbocycles. The molecule has 3 fully saturated rings. The van der Waals surface area contributed by atoms with E-state index in [0.717, 1.165) is 54.4 Å². The number of aromatic hydroxyl groups is 1. The lowest BCUT2D eigenvalue weighted by atomic mass is 9.97. The molecule has 10 nitrogen and oxygen atoms in total. The number of nitrogens with zero attached hydrogens (tertiary/aromatic N) is 5. The molecule has 0 spiro atoms. The van der Waals surface area contributed by atoms with Gasteiger partial charge in [0.1, 0.15) is 18.0 Å². The first-order chi connectivity index (χ1) is 23.3. The summed E-state index contributed by atoms with van der Waals surface area (Å²) in [5, 5.41) is 18.6. The number of benzene rings is 4. The van der Waals surface area contributed by atoms with Crippen molar-refractivity contribution >= 4 is 28.6 Å². The monoisotopic (exact) mass is 646 g/mol. The van der Waals surface area contributed by atoms with Crippen LogP contribution in [0, 0.1) is 0 Å². The number of phenolic OH excluding ortho intramolecular Hbond substituents is 1. The first-order valence-electron chi connectivity index (χ1n) is 16.8. The number of nitrogens with one attached hydrogen (secondary N) is 1. The summed E-state index contributed by atoms with van der Waals surface area (Å²) in [6.45, 7) is 3.18. The molecule has 0 radical (unpaired) electrons. The van der Waals surface area contributed by atoms with E-state index in [4.69, 9.17) is 0 Å². The van der Waals surface area contributed by atoms with E-state index >= 15 is 0 Å². The molecule has 2 N–H and O–H groups in total. The second-order valence-corrected chi connectivity index (χ2v) is 13.2. The van der Waals surface area contributed by atoms with E-state index < -0.39 is 12.2 Å². The SMILES string of the molecule is CN1CC(=O)N2C(CN(Cc3cccc4ccccc34)C(=O)[C@@H]2Cc2ccc(O)cc2)N1C(=O)NC1CCN(Cc2ccccc2)CC1. The average Bonchev–Trinajstić information content (AvgIpc) is 3.09. The lowest BCUT2D eigenvalue weighted by Crippen LogP contribution is -2.76. The van der Waals surface area contributed by atoms with Gasteiger partial charge >= 0.3 is 6.03 Å². The number of likely N-dealkylation sites (N-methyl/N-ethyl adjacent to an activating group) is 1. The largest absolute Gasteiger partial charge is 0.508 e. The molecule has 2 atom stereocenters. The second kappa shape index (κ2) is 13.7. The third-order valence-corrected chi connectivity index (χ3v) is 9.92. The summed E-state index contributed by atoms with van der Waals surface area (Å²) in [7, 11) is 1.76. The van der Waals surface area contributed by atoms with Crippen molar-refractivity contribution in [1.82, 2.24) is 30.0 Å². The fourth-order valence-corrected chi connectivity index (χ4v) is 7.46. The molecule has 0 bridgehead atoms. The predicted molar refractivity (Wildman–Crippen MR) is 183 cm³/mol. The second-order valence-electron chi connectivity index (χ2n) is 13.2. The molecule has 3 heterocycles. The van der Waals surface area contributed by atoms with Gasteiger partial charge in [0, 0.05) is 45.7 Å². The molecule has 248 valence electrons. The van der Waals surface area contributed by atoms with Gasteiger partial charge in [0.05, 0.1) is 13.1 Å². The van der Waals surface area contributed by atoms with Crippen LogP contribution in [0.1, 0.15) is 29.5 Å². The smallest absolute Gasteiger partial charge is 0.334 e. The Labute approximate surface area is 281 Å². The Balaban J connectivity index is 1.13. The highest BCUT2D eigenvalue weighted by Gasteiger charge is 2.51. The number of hydrogen-bond acceptors (Lipinski definition) is 6. The standard InChI is InChI=1S/C38H42N6O4/c1-40-26-36(46)43-34(22-27-14-16-32(45)17-15-27)37(47)42(24-30-12-7-11-29-10-5-6-13-33(29)30)25-35(43)44(40)38(48)39-31-18-20-41(21-19-31)23-28-8-3-2-4-9-28/h2-17,31,34-35,45H,18-26H2,1H3,(H,39,48)/t34-,35?/m0/s1. The highest BCUT2D eigenvalue weighted by Crippen LogP contribution is 2.30. The van der Waals surface area contributed by atoms with E-state index in [2.05, 4.69) is 52.7 Å². The normalized spacial score (nSPS) is 21.1. The van der Waals surface area contributed by atoms with Crippen LogP contribution >= 0.6 is 0 Å². The third kappa shape index (κ3) is 6.58. The Bertz CT molecular complexity index is 1770. The fourth-order valence-electron chi connectivity index (χ4n) is 7.46. The Kier molecular flexibility index (Phi) is 9.01. The van der Waals surface area contributed by atoms with Gasteiger partial charge in [0.2, 0.25) is 11.8 Å². The van der Waals surface area contributed by atoms with Crippen LogP contribution in [0.5, 0.6) is 5.75 Å². The maximum absolute atomic E-state index is 14.3. The maximum atomic E-state index is 14.3. The molecule has 7 rings (SSSR count). The molecule has 3 aliphatic heterocycles. The molecular weight excluding hydrogens is 604 g/mol. The zero-order valence-corrected chi connectivity index (χ0v) is 27.2. The molecule has 0 aliphatic carbocycles. The van der Waals surface area contributed by atoms with Gasteiger partial charge in [-0.25, -0.2) is 14.8 Å². The molecule has 3 aliphatic rings. The van der Waals surface area contributed by atoms with Crippen molar-refractivity contribution in [1.29, 1.82) is 0 Å². The Morgan fingerprint density at radius 3 is 2.31 bits per heavy atom. The summed E-state index contributed by atoms with van der Waals surface area (Å²) >= 11 is 0. The van der Waals surface area contributed by atoms with Crippen LogP contribution in [0.15, 0.2) is 97.1 Å². The highest BCUT2D eigenvalue weighted by molar-refractivity contribution is 5.92. The Hall–Kier alpha value is -4.93. The average molecular weight is 647 g/mol. The molecule has 4 aromatic rings. The van der Waals surface area contributed by atoms with Gasteiger partial charge in [-0.2, -0.15) is 0 Å². The van der Waals surface area contributed by atoms with Crippen molar-refractivity contribution in [2.75, 3.05) is 33.2 Å². The van der Waals surface area contributed by atoms with Gasteiger partial charge in [0.25, 0.3) is 0 Å². The van der Waals surface area contributed by atoms with Crippen LogP contribution in [-0.2, 0) is 29.1 Å². The van der Waals surface area contributed by atoms with Gasteiger partial charge in [-0.15, -0.1) is 0 Å². The van der Waals surface area contributed by atoms with Crippen LogP contribution in [0.25, 0.3) is 10.8 Å². The summed E-state index contributed by atoms with van der Waals surface area (Å²) in [6, 6.07) is 30.3. The number of phenols is 1. The molecule has 4 amide bonds. The minimum atomic E-state index is -0.805. The van der Waals surface area contributed by atoms with E-state index in [1.165, 1.54) is 5.56 Å². The van der Waals surface area contributed by atoms with Crippen molar-refractivity contribution in [3.05, 3.63) is 114 Å². The van der Waals surface area contributed by atoms with Gasteiger partial charge in [-0.05, 0) is 52.4 Å². The molecule has 10 heteroatoms. The number of likely N-dealkylation sites (tertiary alicyclic amines) is 1. The van der Waals surface area contributed by atoms with Crippen molar-refractivity contribution in [2.45, 2.75) is 50.6 Å². The number of fused-ring (bicyclic) bond motifs is 2. The van der Waals surface area contributed by atoms with Crippen molar-refractivity contribution in [3.8, 4) is 5.75 Å². The van der Waals surface area contributed by atoms with Crippen LogP contribution in [0.3, 0.4) is 0 Å². The van der Waals surface area contributed by atoms with Gasteiger partial charge < -0.3 is 20.2 Å². The van der Waals surface area contributed by atoms with E-state index in [1.54, 1.807) is 51.1 Å². The van der Waals surface area contributed by atoms with E-state index in [0.29, 0.717) is 6.54 Å². The quantitative estimate of drug-likeness (QED) is 0.313. The Morgan fingerprint density at radius 1 is 0.833 bits per heavy atom. The van der Waals surface area contributed by atoms with Crippen LogP contribution in [0.4, 0.5) is 4.79 Å². The van der Waals surface area contributed by atoms with E-state index in [-0.39, 0.29) is 49.1 Å². The minimum Gasteiger partial charge on any atom is -0.508 e. The van der Waals surface area contributed by atoms with Gasteiger partial charge in [-0.3, -0.25) is 14.5 Å². The maximum Gasteiger partial charge on any atom is 0.334 e. The zero-order chi connectivity index (χ0) is 33.2. The molecule has 3 saturated heterocycles. The number of urea groups is 1. The summed E-state index contributed by atoms with van der Waals surface area (Å²) in [5.41, 5.74) is 3.11. The number of hydrogen-bond donors (Lipinski definition) is 2. The van der Waals surface area contributed by atoms with Crippen molar-refractivity contribution < 1.29 is 19.5 Å². The summed E-state index contributed by atoms with van der Waals surface area (Å²) < 4.78 is 0. The van der Waals surface area contributed by atoms with Crippen LogP contribution in [-0.4, -0.2) is 99.1 Å². The van der Waals surface area contributed by atoms with Crippen LogP contribution in [0.2, 0.25) is 0 Å². The number of hydrazine groups is 1. The van der Waals surface area contributed by atoms with Gasteiger partial charge in [0.15, 0.2) is 0 Å². The first-order valence-corrected chi connectivity index (χ1v) is 16.8. The zero-order valence-electron chi connectivity index (χ0n) is 27.2. The third-order valence-electron chi connectivity index (χ3n) is 9.92. The minimum absolute atomic E-state index is 0.00815. The van der Waals surface area contributed by atoms with Crippen molar-refractivity contribution in [3.63, 3.8) is 0 Å². The van der Waals surface area contributed by atoms with Crippen LogP contribution < -0.4 is 5.32 Å². The number of amides is 4. The molecule has 0 saturated carbocycles. The lowest BCUT2D eigenvalue weighted by molar-refractivity contribution is -0.187. The highest BCUT2D eigenvalue weighted by atomic mass is 16.3. The number of carbonyl (C=O) groups excluding carboxylic acids is 3. The summed E-state index contributed by atoms with van der Waals surface area (Å²) in [4.78, 5) is 48.0. The lowest BCUT2D eigenvalue weighted by Gasteiger charge is -2.54. The summed E-state index contributed by atoms with van der Waals surface area (Å²) in [5.74, 6) is -0.215. The predicted octanol–water partition coefficient (Wildman–Crippen LogP) is 4.19. The first kappa shape index (κ1) is 31.7. The van der Waals surface area contributed by atoms with E-state index in [9.17, 15) is 19.5 Å². The number of carbonyl (C=O) groups is 3. The van der Waals surface area contributed by atoms with E-state index in [1.807, 2.05) is 30.3 Å². The molecule has 0 aromatic heterocycles. The fraction of sp³-hybridized carbons (Fsp3) is 0.342. The molecule has 1 unspecified atom stereocenters. The molecule has 48 heavy (non-hydrogen) atoms. The number of piperidine rings is 1. The topological polar surface area (TPSA) is 99.7 Å². The van der Waals surface area contributed by atoms with Gasteiger partial charge in [-0.1, -0.05) is 84.9 Å². The summed E-state index contributed by atoms with van der Waals surface area (Å²) in [6.07, 6.45) is 1.26. The molecular formula is C38H42N6O4. The number of rotatable bonds is 7. The van der Waals surface area contributed by atoms with Crippen molar-refractivity contribution in [2.24, 2.45) is 0 Å². The Morgan fingerprint density at radius 2 is 1.54 bits per heavy atom. The number of piperazine rings is 1.